The van der Waals surface area contributed by atoms with Gasteiger partial charge >= 0.3 is 5.97 Å². The van der Waals surface area contributed by atoms with Crippen molar-refractivity contribution >= 4 is 19.3 Å². The minimum Gasteiger partial charge on any atom is -0.462 e. The van der Waals surface area contributed by atoms with Gasteiger partial charge in [0.25, 0.3) is 0 Å². The van der Waals surface area contributed by atoms with E-state index in [1.807, 2.05) is 0 Å². The van der Waals surface area contributed by atoms with Crippen LogP contribution in [0.5, 0.6) is 0 Å². The molecule has 5 heteroatoms. The Kier molecular flexibility index (Phi) is 8.24. The van der Waals surface area contributed by atoms with Crippen molar-refractivity contribution in [2.45, 2.75) is 45.4 Å². The standard InChI is InChI=1S/C15H23O4P/c1-2-3-4-5-6-7-12-19-15(16)13-8-10-14(11-9-13)20(17)18/h8-11,20H,2-7,12H2,1H3,(H,17,18). The maximum atomic E-state index is 11.7. The third-order valence-electron chi connectivity index (χ3n) is 3.10. The molecule has 1 N–H and O–H groups in total. The van der Waals surface area contributed by atoms with Crippen molar-refractivity contribution in [2.75, 3.05) is 6.61 Å². The van der Waals surface area contributed by atoms with Crippen LogP contribution in [-0.2, 0) is 9.30 Å². The molecule has 0 radical (unpaired) electrons. The number of benzene rings is 1. The molecule has 1 aromatic carbocycles. The first-order chi connectivity index (χ1) is 9.65. The van der Waals surface area contributed by atoms with Crippen LogP contribution in [0.2, 0.25) is 0 Å². The van der Waals surface area contributed by atoms with Gasteiger partial charge in [-0.3, -0.25) is 4.57 Å². The van der Waals surface area contributed by atoms with E-state index in [-0.39, 0.29) is 5.97 Å². The van der Waals surface area contributed by atoms with Crippen LogP contribution in [0, 0.1) is 0 Å². The summed E-state index contributed by atoms with van der Waals surface area (Å²) >= 11 is 0. The van der Waals surface area contributed by atoms with E-state index in [0.29, 0.717) is 17.5 Å². The maximum Gasteiger partial charge on any atom is 0.338 e. The Hall–Kier alpha value is -1.12. The molecule has 0 aliphatic rings. The van der Waals surface area contributed by atoms with E-state index in [1.165, 1.54) is 49.9 Å². The predicted octanol–water partition coefficient (Wildman–Crippen LogP) is 3.30. The van der Waals surface area contributed by atoms with Gasteiger partial charge in [-0.25, -0.2) is 4.79 Å². The Morgan fingerprint density at radius 3 is 2.30 bits per heavy atom. The highest BCUT2D eigenvalue weighted by molar-refractivity contribution is 7.47. The zero-order valence-electron chi connectivity index (χ0n) is 11.9. The molecule has 1 rings (SSSR count). The fourth-order valence-electron chi connectivity index (χ4n) is 1.88. The van der Waals surface area contributed by atoms with E-state index in [9.17, 15) is 9.36 Å². The molecule has 0 saturated carbocycles. The Morgan fingerprint density at radius 2 is 1.70 bits per heavy atom. The van der Waals surface area contributed by atoms with Gasteiger partial charge in [0.2, 0.25) is 8.03 Å². The number of rotatable bonds is 9. The SMILES string of the molecule is CCCCCCCCOC(=O)c1ccc([PH](=O)O)cc1. The van der Waals surface area contributed by atoms with Gasteiger partial charge in [0, 0.05) is 5.30 Å². The first-order valence-corrected chi connectivity index (χ1v) is 8.51. The van der Waals surface area contributed by atoms with Gasteiger partial charge in [-0.1, -0.05) is 39.0 Å². The largest absolute Gasteiger partial charge is 0.462 e. The summed E-state index contributed by atoms with van der Waals surface area (Å²) < 4.78 is 16.0. The molecule has 0 aromatic heterocycles. The predicted molar refractivity (Wildman–Crippen MR) is 81.0 cm³/mol. The second-order valence-corrected chi connectivity index (χ2v) is 5.97. The van der Waals surface area contributed by atoms with Crippen LogP contribution >= 0.6 is 8.03 Å². The van der Waals surface area contributed by atoms with Crippen LogP contribution in [-0.4, -0.2) is 17.5 Å². The molecule has 0 bridgehead atoms. The van der Waals surface area contributed by atoms with Gasteiger partial charge in [0.1, 0.15) is 0 Å². The van der Waals surface area contributed by atoms with Gasteiger partial charge in [0.15, 0.2) is 0 Å². The van der Waals surface area contributed by atoms with Gasteiger partial charge in [-0.2, -0.15) is 0 Å². The lowest BCUT2D eigenvalue weighted by molar-refractivity contribution is 0.0497. The number of esters is 1. The van der Waals surface area contributed by atoms with Crippen molar-refractivity contribution in [1.29, 1.82) is 0 Å². The third kappa shape index (κ3) is 6.36. The second-order valence-electron chi connectivity index (χ2n) is 4.79. The molecule has 1 aromatic rings. The Labute approximate surface area is 121 Å². The maximum absolute atomic E-state index is 11.7. The van der Waals surface area contributed by atoms with Crippen LogP contribution in [0.15, 0.2) is 24.3 Å². The summed E-state index contributed by atoms with van der Waals surface area (Å²) in [6.07, 6.45) is 6.89. The van der Waals surface area contributed by atoms with Crippen LogP contribution in [0.4, 0.5) is 0 Å². The van der Waals surface area contributed by atoms with Gasteiger partial charge < -0.3 is 9.63 Å². The molecule has 4 nitrogen and oxygen atoms in total. The number of ether oxygens (including phenoxy) is 1. The quantitative estimate of drug-likeness (QED) is 0.431. The zero-order valence-corrected chi connectivity index (χ0v) is 12.9. The molecule has 0 heterocycles. The Balaban J connectivity index is 2.24. The van der Waals surface area contributed by atoms with E-state index in [0.717, 1.165) is 12.8 Å². The minimum atomic E-state index is -2.69. The van der Waals surface area contributed by atoms with Gasteiger partial charge in [-0.15, -0.1) is 0 Å². The van der Waals surface area contributed by atoms with Crippen molar-refractivity contribution in [3.63, 3.8) is 0 Å². The lowest BCUT2D eigenvalue weighted by Crippen LogP contribution is -2.07. The van der Waals surface area contributed by atoms with E-state index in [2.05, 4.69) is 6.92 Å². The summed E-state index contributed by atoms with van der Waals surface area (Å²) in [6.45, 7) is 2.62. The van der Waals surface area contributed by atoms with E-state index >= 15 is 0 Å². The summed E-state index contributed by atoms with van der Waals surface area (Å²) in [7, 11) is -2.69. The smallest absolute Gasteiger partial charge is 0.338 e. The minimum absolute atomic E-state index is 0.350. The molecule has 0 saturated heterocycles. The lowest BCUT2D eigenvalue weighted by Gasteiger charge is -2.05. The first-order valence-electron chi connectivity index (χ1n) is 7.15. The van der Waals surface area contributed by atoms with Gasteiger partial charge in [0.05, 0.1) is 12.2 Å². The highest BCUT2D eigenvalue weighted by Gasteiger charge is 2.07. The molecule has 0 aliphatic heterocycles. The molecule has 112 valence electrons. The summed E-state index contributed by atoms with van der Waals surface area (Å²) in [4.78, 5) is 20.7. The van der Waals surface area contributed by atoms with E-state index in [4.69, 9.17) is 9.63 Å². The van der Waals surface area contributed by atoms with Crippen molar-refractivity contribution in [3.05, 3.63) is 29.8 Å². The van der Waals surface area contributed by atoms with Gasteiger partial charge in [-0.05, 0) is 30.7 Å². The normalized spacial score (nSPS) is 12.1. The summed E-state index contributed by atoms with van der Waals surface area (Å²) in [5, 5.41) is 0.350. The second kappa shape index (κ2) is 9.73. The average molecular weight is 298 g/mol. The van der Waals surface area contributed by atoms with Crippen molar-refractivity contribution in [2.24, 2.45) is 0 Å². The summed E-state index contributed by atoms with van der Waals surface area (Å²) in [5.74, 6) is -0.372. The number of hydrogen-bond acceptors (Lipinski definition) is 3. The van der Waals surface area contributed by atoms with Crippen LogP contribution < -0.4 is 5.30 Å². The van der Waals surface area contributed by atoms with E-state index in [1.54, 1.807) is 0 Å². The van der Waals surface area contributed by atoms with Crippen LogP contribution in [0.25, 0.3) is 0 Å². The Morgan fingerprint density at radius 1 is 1.10 bits per heavy atom. The van der Waals surface area contributed by atoms with E-state index < -0.39 is 8.03 Å². The van der Waals surface area contributed by atoms with Crippen molar-refractivity contribution in [3.8, 4) is 0 Å². The molecule has 0 aliphatic carbocycles. The molecular formula is C15H23O4P. The number of carbonyl (C=O) groups is 1. The molecule has 0 spiro atoms. The van der Waals surface area contributed by atoms with Crippen LogP contribution in [0.3, 0.4) is 0 Å². The highest BCUT2D eigenvalue weighted by Crippen LogP contribution is 2.13. The topological polar surface area (TPSA) is 63.6 Å². The monoisotopic (exact) mass is 298 g/mol. The lowest BCUT2D eigenvalue weighted by atomic mass is 10.1. The third-order valence-corrected chi connectivity index (χ3v) is 3.93. The highest BCUT2D eigenvalue weighted by atomic mass is 31.1. The molecular weight excluding hydrogens is 275 g/mol. The fraction of sp³-hybridized carbons (Fsp3) is 0.533. The number of hydrogen-bond donors (Lipinski definition) is 1. The van der Waals surface area contributed by atoms with Crippen molar-refractivity contribution in [1.82, 2.24) is 0 Å². The zero-order chi connectivity index (χ0) is 14.8. The summed E-state index contributed by atoms with van der Waals surface area (Å²) in [5.41, 5.74) is 0.419. The molecule has 0 fully saturated rings. The molecule has 1 atom stereocenters. The molecule has 20 heavy (non-hydrogen) atoms. The average Bonchev–Trinajstić information content (AvgIpc) is 2.46. The molecule has 1 unspecified atom stereocenters. The number of carbonyl (C=O) groups excluding carboxylic acids is 1. The number of unbranched alkanes of at least 4 members (excludes halogenated alkanes) is 5. The molecule has 0 amide bonds. The fourth-order valence-corrected chi connectivity index (χ4v) is 2.33. The van der Waals surface area contributed by atoms with Crippen LogP contribution in [0.1, 0.15) is 55.8 Å². The first kappa shape index (κ1) is 16.9. The van der Waals surface area contributed by atoms with Crippen molar-refractivity contribution < 1.29 is 19.0 Å². The Bertz CT molecular complexity index is 428. The summed E-state index contributed by atoms with van der Waals surface area (Å²) in [6, 6.07) is 6.03.